The van der Waals surface area contributed by atoms with E-state index < -0.39 is 15.9 Å². The van der Waals surface area contributed by atoms with Crippen LogP contribution in [0.2, 0.25) is 5.02 Å². The van der Waals surface area contributed by atoms with Crippen LogP contribution in [0.15, 0.2) is 83.8 Å². The van der Waals surface area contributed by atoms with Crippen molar-refractivity contribution in [2.45, 2.75) is 30.3 Å². The summed E-state index contributed by atoms with van der Waals surface area (Å²) in [5, 5.41) is 6.15. The minimum absolute atomic E-state index is 0.0198. The lowest BCUT2D eigenvalue weighted by atomic mass is 10.0. The van der Waals surface area contributed by atoms with E-state index in [4.69, 9.17) is 11.6 Å². The molecule has 2 N–H and O–H groups in total. The van der Waals surface area contributed by atoms with Gasteiger partial charge >= 0.3 is 0 Å². The van der Waals surface area contributed by atoms with Gasteiger partial charge in [-0.05, 0) is 42.3 Å². The lowest BCUT2D eigenvalue weighted by Crippen LogP contribution is -2.34. The zero-order valence-electron chi connectivity index (χ0n) is 18.3. The van der Waals surface area contributed by atoms with Gasteiger partial charge in [-0.3, -0.25) is 9.59 Å². The van der Waals surface area contributed by atoms with E-state index >= 15 is 0 Å². The zero-order chi connectivity index (χ0) is 24.0. The van der Waals surface area contributed by atoms with Crippen molar-refractivity contribution in [3.8, 4) is 0 Å². The number of amides is 2. The predicted molar refractivity (Wildman–Crippen MR) is 129 cm³/mol. The molecule has 8 heteroatoms. The maximum Gasteiger partial charge on any atom is 0.253 e. The summed E-state index contributed by atoms with van der Waals surface area (Å²) in [7, 11) is -3.29. The quantitative estimate of drug-likeness (QED) is 0.493. The Morgan fingerprint density at radius 3 is 2.06 bits per heavy atom. The van der Waals surface area contributed by atoms with Crippen molar-refractivity contribution >= 4 is 33.3 Å². The Morgan fingerprint density at radius 1 is 0.848 bits per heavy atom. The van der Waals surface area contributed by atoms with E-state index in [9.17, 15) is 18.0 Å². The van der Waals surface area contributed by atoms with Crippen LogP contribution < -0.4 is 10.6 Å². The van der Waals surface area contributed by atoms with Crippen LogP contribution in [0, 0.1) is 0 Å². The molecule has 0 saturated carbocycles. The summed E-state index contributed by atoms with van der Waals surface area (Å²) in [4.78, 5) is 25.9. The molecule has 0 heterocycles. The first kappa shape index (κ1) is 24.5. The van der Waals surface area contributed by atoms with Gasteiger partial charge in [0.2, 0.25) is 5.91 Å². The van der Waals surface area contributed by atoms with Gasteiger partial charge in [-0.15, -0.1) is 0 Å². The summed E-state index contributed by atoms with van der Waals surface area (Å²) in [5.41, 5.74) is 1.89. The van der Waals surface area contributed by atoms with Crippen molar-refractivity contribution in [1.82, 2.24) is 10.6 Å². The highest BCUT2D eigenvalue weighted by Gasteiger charge is 2.21. The Bertz CT molecular complexity index is 1230. The van der Waals surface area contributed by atoms with Crippen LogP contribution >= 0.6 is 11.6 Å². The Morgan fingerprint density at radius 2 is 1.45 bits per heavy atom. The molecule has 0 aliphatic rings. The highest BCUT2D eigenvalue weighted by Crippen LogP contribution is 2.22. The van der Waals surface area contributed by atoms with Crippen molar-refractivity contribution in [3.63, 3.8) is 0 Å². The molecule has 3 rings (SSSR count). The van der Waals surface area contributed by atoms with Gasteiger partial charge in [-0.1, -0.05) is 66.2 Å². The summed E-state index contributed by atoms with van der Waals surface area (Å²) in [5.74, 6) is -0.630. The SMILES string of the molecule is C[C@H](NC(=O)C[C@H](NC(=O)c1ccccc1Cl)c1ccccc1)c1ccc(S(C)(=O)=O)cc1. The first-order valence-electron chi connectivity index (χ1n) is 10.3. The summed E-state index contributed by atoms with van der Waals surface area (Å²) in [6.45, 7) is 1.81. The number of carbonyl (C=O) groups is 2. The smallest absolute Gasteiger partial charge is 0.253 e. The zero-order valence-corrected chi connectivity index (χ0v) is 19.9. The van der Waals surface area contributed by atoms with E-state index in [1.807, 2.05) is 37.3 Å². The fourth-order valence-corrected chi connectivity index (χ4v) is 4.24. The number of carbonyl (C=O) groups excluding carboxylic acids is 2. The fourth-order valence-electron chi connectivity index (χ4n) is 3.39. The summed E-state index contributed by atoms with van der Waals surface area (Å²) in [6, 6.07) is 21.4. The van der Waals surface area contributed by atoms with Crippen molar-refractivity contribution in [3.05, 3.63) is 101 Å². The molecule has 0 radical (unpaired) electrons. The molecule has 0 bridgehead atoms. The maximum absolute atomic E-state index is 12.8. The summed E-state index contributed by atoms with van der Waals surface area (Å²) in [6.07, 6.45) is 1.17. The topological polar surface area (TPSA) is 92.3 Å². The van der Waals surface area contributed by atoms with Crippen LogP contribution in [-0.2, 0) is 14.6 Å². The number of nitrogens with one attached hydrogen (secondary N) is 2. The Labute approximate surface area is 198 Å². The third-order valence-electron chi connectivity index (χ3n) is 5.20. The van der Waals surface area contributed by atoms with Crippen LogP contribution in [0.5, 0.6) is 0 Å². The van der Waals surface area contributed by atoms with E-state index in [0.29, 0.717) is 10.6 Å². The third kappa shape index (κ3) is 6.66. The Kier molecular flexibility index (Phi) is 7.89. The van der Waals surface area contributed by atoms with Crippen molar-refractivity contribution in [2.24, 2.45) is 0 Å². The fraction of sp³-hybridized carbons (Fsp3) is 0.200. The van der Waals surface area contributed by atoms with Gasteiger partial charge in [0.25, 0.3) is 5.91 Å². The monoisotopic (exact) mass is 484 g/mol. The average Bonchev–Trinajstić information content (AvgIpc) is 2.79. The lowest BCUT2D eigenvalue weighted by molar-refractivity contribution is -0.122. The highest BCUT2D eigenvalue weighted by atomic mass is 35.5. The molecule has 2 amide bonds. The van der Waals surface area contributed by atoms with Crippen LogP contribution in [0.25, 0.3) is 0 Å². The molecule has 3 aromatic carbocycles. The van der Waals surface area contributed by atoms with E-state index in [0.717, 1.165) is 17.4 Å². The predicted octanol–water partition coefficient (Wildman–Crippen LogP) is 4.48. The summed E-state index contributed by atoms with van der Waals surface area (Å²) < 4.78 is 23.3. The molecule has 172 valence electrons. The molecular weight excluding hydrogens is 460 g/mol. The van der Waals surface area contributed by atoms with E-state index in [1.165, 1.54) is 12.1 Å². The molecule has 33 heavy (non-hydrogen) atoms. The maximum atomic E-state index is 12.8. The van der Waals surface area contributed by atoms with Gasteiger partial charge in [0.1, 0.15) is 0 Å². The molecular formula is C25H25ClN2O4S. The second-order valence-electron chi connectivity index (χ2n) is 7.75. The Balaban J connectivity index is 1.72. The molecule has 0 saturated heterocycles. The minimum atomic E-state index is -3.29. The molecule has 3 aromatic rings. The second-order valence-corrected chi connectivity index (χ2v) is 10.2. The third-order valence-corrected chi connectivity index (χ3v) is 6.66. The van der Waals surface area contributed by atoms with Gasteiger partial charge in [0, 0.05) is 6.26 Å². The van der Waals surface area contributed by atoms with E-state index in [1.54, 1.807) is 36.4 Å². The molecule has 0 fully saturated rings. The standard InChI is InChI=1S/C25H25ClN2O4S/c1-17(18-12-14-20(15-13-18)33(2,31)32)27-24(29)16-23(19-8-4-3-5-9-19)28-25(30)21-10-6-7-11-22(21)26/h3-15,17,23H,16H2,1-2H3,(H,27,29)(H,28,30)/t17-,23-/m0/s1. The number of halogens is 1. The van der Waals surface area contributed by atoms with Gasteiger partial charge in [0.05, 0.1) is 34.0 Å². The van der Waals surface area contributed by atoms with Crippen molar-refractivity contribution in [2.75, 3.05) is 6.26 Å². The number of hydrogen-bond acceptors (Lipinski definition) is 4. The lowest BCUT2D eigenvalue weighted by Gasteiger charge is -2.21. The minimum Gasteiger partial charge on any atom is -0.350 e. The molecule has 0 unspecified atom stereocenters. The molecule has 2 atom stereocenters. The molecule has 0 spiro atoms. The number of benzene rings is 3. The molecule has 0 aromatic heterocycles. The molecule has 6 nitrogen and oxygen atoms in total. The molecule has 0 aliphatic heterocycles. The average molecular weight is 485 g/mol. The number of rotatable bonds is 8. The van der Waals surface area contributed by atoms with Crippen LogP contribution in [0.1, 0.15) is 46.9 Å². The van der Waals surface area contributed by atoms with Crippen molar-refractivity contribution in [1.29, 1.82) is 0 Å². The molecule has 0 aliphatic carbocycles. The van der Waals surface area contributed by atoms with Crippen LogP contribution in [0.3, 0.4) is 0 Å². The first-order chi connectivity index (χ1) is 15.6. The van der Waals surface area contributed by atoms with E-state index in [2.05, 4.69) is 10.6 Å². The second kappa shape index (κ2) is 10.6. The number of sulfone groups is 1. The summed E-state index contributed by atoms with van der Waals surface area (Å²) >= 11 is 6.15. The van der Waals surface area contributed by atoms with Gasteiger partial charge in [-0.25, -0.2) is 8.42 Å². The van der Waals surface area contributed by atoms with Crippen LogP contribution in [0.4, 0.5) is 0 Å². The van der Waals surface area contributed by atoms with Gasteiger partial charge < -0.3 is 10.6 Å². The van der Waals surface area contributed by atoms with E-state index in [-0.39, 0.29) is 29.2 Å². The first-order valence-corrected chi connectivity index (χ1v) is 12.6. The van der Waals surface area contributed by atoms with Crippen molar-refractivity contribution < 1.29 is 18.0 Å². The van der Waals surface area contributed by atoms with Gasteiger partial charge in [0.15, 0.2) is 9.84 Å². The Hall–Kier alpha value is -3.16. The highest BCUT2D eigenvalue weighted by molar-refractivity contribution is 7.90. The normalized spacial score (nSPS) is 13.1. The van der Waals surface area contributed by atoms with Gasteiger partial charge in [-0.2, -0.15) is 0 Å². The largest absolute Gasteiger partial charge is 0.350 e. The number of hydrogen-bond donors (Lipinski definition) is 2. The van der Waals surface area contributed by atoms with Crippen LogP contribution in [-0.4, -0.2) is 26.5 Å².